The molecule has 0 aliphatic rings. The maximum absolute atomic E-state index is 12.1. The van der Waals surface area contributed by atoms with Crippen LogP contribution in [0.25, 0.3) is 0 Å². The van der Waals surface area contributed by atoms with E-state index in [1.54, 1.807) is 6.92 Å². The number of carboxylic acid groups (broad SMARTS) is 1. The fourth-order valence-electron chi connectivity index (χ4n) is 1.59. The number of aliphatic carboxylic acids is 1. The lowest BCUT2D eigenvalue weighted by molar-refractivity contribution is -0.139. The summed E-state index contributed by atoms with van der Waals surface area (Å²) in [5.74, 6) is -2.01. The largest absolute Gasteiger partial charge is 0.480 e. The molecule has 20 heavy (non-hydrogen) atoms. The smallest absolute Gasteiger partial charge is 0.321 e. The van der Waals surface area contributed by atoms with Crippen LogP contribution in [0, 0.1) is 0 Å². The number of benzene rings is 1. The highest BCUT2D eigenvalue weighted by Gasteiger charge is 2.24. The van der Waals surface area contributed by atoms with Gasteiger partial charge in [-0.3, -0.25) is 9.59 Å². The molecule has 1 amide bonds. The Morgan fingerprint density at radius 2 is 2.05 bits per heavy atom. The highest BCUT2D eigenvalue weighted by molar-refractivity contribution is 7.89. The first kappa shape index (κ1) is 16.1. The van der Waals surface area contributed by atoms with Gasteiger partial charge >= 0.3 is 5.97 Å². The minimum Gasteiger partial charge on any atom is -0.480 e. The van der Waals surface area contributed by atoms with Crippen LogP contribution in [0.1, 0.15) is 30.1 Å². The van der Waals surface area contributed by atoms with Crippen molar-refractivity contribution in [1.82, 2.24) is 4.72 Å². The van der Waals surface area contributed by atoms with Crippen molar-refractivity contribution in [3.05, 3.63) is 29.8 Å². The second-order valence-electron chi connectivity index (χ2n) is 4.19. The highest BCUT2D eigenvalue weighted by atomic mass is 32.2. The molecule has 8 heteroatoms. The molecule has 0 heterocycles. The second-order valence-corrected chi connectivity index (χ2v) is 5.91. The summed E-state index contributed by atoms with van der Waals surface area (Å²) in [5.41, 5.74) is 5.11. The lowest BCUT2D eigenvalue weighted by Crippen LogP contribution is -2.40. The third kappa shape index (κ3) is 4.04. The highest BCUT2D eigenvalue weighted by Crippen LogP contribution is 2.13. The molecular weight excluding hydrogens is 284 g/mol. The fraction of sp³-hybridized carbons (Fsp3) is 0.333. The molecule has 0 saturated heterocycles. The number of nitrogens with two attached hydrogens (primary N) is 1. The number of sulfonamides is 1. The van der Waals surface area contributed by atoms with Crippen LogP contribution < -0.4 is 10.5 Å². The number of nitrogens with one attached hydrogen (secondary N) is 1. The van der Waals surface area contributed by atoms with E-state index in [4.69, 9.17) is 10.8 Å². The summed E-state index contributed by atoms with van der Waals surface area (Å²) in [4.78, 5) is 21.8. The monoisotopic (exact) mass is 300 g/mol. The van der Waals surface area contributed by atoms with Crippen molar-refractivity contribution >= 4 is 21.9 Å². The Balaban J connectivity index is 3.07. The van der Waals surface area contributed by atoms with Gasteiger partial charge in [-0.1, -0.05) is 19.4 Å². The molecule has 0 spiro atoms. The maximum Gasteiger partial charge on any atom is 0.321 e. The number of hydrogen-bond donors (Lipinski definition) is 3. The average Bonchev–Trinajstić information content (AvgIpc) is 2.38. The molecule has 1 aromatic carbocycles. The lowest BCUT2D eigenvalue weighted by Gasteiger charge is -2.14. The molecule has 7 nitrogen and oxygen atoms in total. The van der Waals surface area contributed by atoms with Crippen LogP contribution in [0.3, 0.4) is 0 Å². The summed E-state index contributed by atoms with van der Waals surface area (Å²) >= 11 is 0. The zero-order valence-corrected chi connectivity index (χ0v) is 11.7. The summed E-state index contributed by atoms with van der Waals surface area (Å²) in [6.45, 7) is 1.75. The Kier molecular flexibility index (Phi) is 5.23. The number of rotatable bonds is 7. The Hall–Kier alpha value is -1.93. The van der Waals surface area contributed by atoms with Crippen molar-refractivity contribution in [2.45, 2.75) is 30.7 Å². The Morgan fingerprint density at radius 3 is 2.55 bits per heavy atom. The molecule has 4 N–H and O–H groups in total. The van der Waals surface area contributed by atoms with Crippen molar-refractivity contribution in [3.8, 4) is 0 Å². The van der Waals surface area contributed by atoms with Gasteiger partial charge in [0.05, 0.1) is 4.90 Å². The Bertz CT molecular complexity index is 612. The van der Waals surface area contributed by atoms with Crippen LogP contribution in [0.15, 0.2) is 29.2 Å². The van der Waals surface area contributed by atoms with Gasteiger partial charge in [0.2, 0.25) is 15.9 Å². The van der Waals surface area contributed by atoms with Crippen LogP contribution in [-0.2, 0) is 14.8 Å². The predicted octanol–water partition coefficient (Wildman–Crippen LogP) is 0.317. The summed E-state index contributed by atoms with van der Waals surface area (Å²) in [5, 5.41) is 8.96. The molecule has 0 fully saturated rings. The lowest BCUT2D eigenvalue weighted by atomic mass is 10.2. The molecule has 1 rings (SSSR count). The van der Waals surface area contributed by atoms with E-state index in [9.17, 15) is 18.0 Å². The predicted molar refractivity (Wildman–Crippen MR) is 71.6 cm³/mol. The van der Waals surface area contributed by atoms with E-state index in [1.165, 1.54) is 18.2 Å². The van der Waals surface area contributed by atoms with Gasteiger partial charge in [-0.25, -0.2) is 8.42 Å². The van der Waals surface area contributed by atoms with Crippen molar-refractivity contribution in [2.24, 2.45) is 5.73 Å². The van der Waals surface area contributed by atoms with E-state index in [0.29, 0.717) is 6.42 Å². The molecule has 0 radical (unpaired) electrons. The minimum absolute atomic E-state index is 0.0373. The van der Waals surface area contributed by atoms with E-state index in [-0.39, 0.29) is 16.9 Å². The van der Waals surface area contributed by atoms with E-state index in [2.05, 4.69) is 4.72 Å². The zero-order valence-electron chi connectivity index (χ0n) is 10.9. The van der Waals surface area contributed by atoms with Crippen LogP contribution in [0.4, 0.5) is 0 Å². The first-order valence-electron chi connectivity index (χ1n) is 5.93. The molecule has 0 bridgehead atoms. The number of carboxylic acids is 1. The average molecular weight is 300 g/mol. The van der Waals surface area contributed by atoms with Gasteiger partial charge < -0.3 is 10.8 Å². The van der Waals surface area contributed by atoms with E-state index >= 15 is 0 Å². The van der Waals surface area contributed by atoms with Crippen LogP contribution in [0.5, 0.6) is 0 Å². The second kappa shape index (κ2) is 6.49. The van der Waals surface area contributed by atoms with E-state index in [1.807, 2.05) is 0 Å². The standard InChI is InChI=1S/C12H16N2O5S/c1-2-4-10(12(16)17)14-20(18,19)9-6-3-5-8(7-9)11(13)15/h3,5-7,10,14H,2,4H2,1H3,(H2,13,15)(H,16,17). The normalized spacial score (nSPS) is 12.8. The van der Waals surface area contributed by atoms with Crippen molar-refractivity contribution in [1.29, 1.82) is 0 Å². The number of carbonyl (C=O) groups is 2. The van der Waals surface area contributed by atoms with Crippen LogP contribution in [-0.4, -0.2) is 31.4 Å². The topological polar surface area (TPSA) is 127 Å². The summed E-state index contributed by atoms with van der Waals surface area (Å²) in [6.07, 6.45) is 0.685. The SMILES string of the molecule is CCCC(NS(=O)(=O)c1cccc(C(N)=O)c1)C(=O)O. The summed E-state index contributed by atoms with van der Waals surface area (Å²) in [7, 11) is -4.02. The molecule has 1 unspecified atom stereocenters. The third-order valence-electron chi connectivity index (χ3n) is 2.60. The summed E-state index contributed by atoms with van der Waals surface area (Å²) in [6, 6.07) is 3.91. The molecule has 0 saturated carbocycles. The van der Waals surface area contributed by atoms with Gasteiger partial charge in [0.1, 0.15) is 6.04 Å². The Labute approximate surface area is 116 Å². The third-order valence-corrected chi connectivity index (χ3v) is 4.07. The number of hydrogen-bond acceptors (Lipinski definition) is 4. The number of primary amides is 1. The molecule has 0 aliphatic carbocycles. The van der Waals surface area contributed by atoms with Crippen molar-refractivity contribution < 1.29 is 23.1 Å². The number of carbonyl (C=O) groups excluding carboxylic acids is 1. The summed E-state index contributed by atoms with van der Waals surface area (Å²) < 4.78 is 26.2. The molecule has 0 aliphatic heterocycles. The van der Waals surface area contributed by atoms with Gasteiger partial charge in [0, 0.05) is 5.56 Å². The molecule has 1 atom stereocenters. The van der Waals surface area contributed by atoms with Gasteiger partial charge in [-0.05, 0) is 24.6 Å². The van der Waals surface area contributed by atoms with Gasteiger partial charge in [0.15, 0.2) is 0 Å². The van der Waals surface area contributed by atoms with E-state index in [0.717, 1.165) is 6.07 Å². The van der Waals surface area contributed by atoms with Crippen LogP contribution >= 0.6 is 0 Å². The zero-order chi connectivity index (χ0) is 15.3. The van der Waals surface area contributed by atoms with Gasteiger partial charge in [0.25, 0.3) is 0 Å². The van der Waals surface area contributed by atoms with Crippen molar-refractivity contribution in [3.63, 3.8) is 0 Å². The van der Waals surface area contributed by atoms with Gasteiger partial charge in [-0.15, -0.1) is 0 Å². The first-order valence-corrected chi connectivity index (χ1v) is 7.41. The molecule has 1 aromatic rings. The quantitative estimate of drug-likeness (QED) is 0.668. The molecule has 110 valence electrons. The first-order chi connectivity index (χ1) is 9.27. The van der Waals surface area contributed by atoms with Crippen LogP contribution in [0.2, 0.25) is 0 Å². The Morgan fingerprint density at radius 1 is 1.40 bits per heavy atom. The minimum atomic E-state index is -4.02. The number of amides is 1. The van der Waals surface area contributed by atoms with Gasteiger partial charge in [-0.2, -0.15) is 4.72 Å². The van der Waals surface area contributed by atoms with Crippen molar-refractivity contribution in [2.75, 3.05) is 0 Å². The van der Waals surface area contributed by atoms with E-state index < -0.39 is 27.9 Å². The molecular formula is C12H16N2O5S. The maximum atomic E-state index is 12.1. The fourth-order valence-corrected chi connectivity index (χ4v) is 2.86. The molecule has 0 aromatic heterocycles.